The number of likely N-dealkylation sites (tertiary alicyclic amines) is 1. The molecule has 4 heteroatoms. The van der Waals surface area contributed by atoms with Gasteiger partial charge in [0.2, 0.25) is 0 Å². The third kappa shape index (κ3) is 3.99. The molecule has 0 unspecified atom stereocenters. The zero-order valence-electron chi connectivity index (χ0n) is 12.8. The van der Waals surface area contributed by atoms with Gasteiger partial charge in [-0.25, -0.2) is 0 Å². The van der Waals surface area contributed by atoms with Gasteiger partial charge < -0.3 is 10.6 Å². The summed E-state index contributed by atoms with van der Waals surface area (Å²) in [6.45, 7) is 4.85. The van der Waals surface area contributed by atoms with Gasteiger partial charge in [-0.15, -0.1) is 6.42 Å². The predicted molar refractivity (Wildman–Crippen MR) is 86.5 cm³/mol. The zero-order chi connectivity index (χ0) is 15.2. The van der Waals surface area contributed by atoms with Crippen LogP contribution in [0.15, 0.2) is 18.2 Å². The highest BCUT2D eigenvalue weighted by molar-refractivity contribution is 5.94. The van der Waals surface area contributed by atoms with Gasteiger partial charge in [-0.2, -0.15) is 0 Å². The number of carbonyl (C=O) groups is 1. The minimum absolute atomic E-state index is 0.0488. The van der Waals surface area contributed by atoms with Crippen LogP contribution in [0, 0.1) is 19.3 Å². The number of hydrogen-bond acceptors (Lipinski definition) is 3. The molecule has 0 radical (unpaired) electrons. The van der Waals surface area contributed by atoms with Gasteiger partial charge in [0.15, 0.2) is 0 Å². The Hall–Kier alpha value is -1.99. The highest BCUT2D eigenvalue weighted by Crippen LogP contribution is 2.21. The molecule has 112 valence electrons. The van der Waals surface area contributed by atoms with Crippen LogP contribution >= 0.6 is 0 Å². The molecule has 2 rings (SSSR count). The zero-order valence-corrected chi connectivity index (χ0v) is 12.8. The van der Waals surface area contributed by atoms with E-state index in [4.69, 9.17) is 6.42 Å². The van der Waals surface area contributed by atoms with Crippen molar-refractivity contribution in [2.75, 3.05) is 32.0 Å². The maximum absolute atomic E-state index is 11.6. The smallest absolute Gasteiger partial charge is 0.251 e. The number of amides is 1. The molecule has 0 spiro atoms. The van der Waals surface area contributed by atoms with Crippen molar-refractivity contribution in [1.29, 1.82) is 0 Å². The summed E-state index contributed by atoms with van der Waals surface area (Å²) in [5, 5.41) is 6.23. The van der Waals surface area contributed by atoms with Gasteiger partial charge in [-0.3, -0.25) is 9.69 Å². The summed E-state index contributed by atoms with van der Waals surface area (Å²) in [6.07, 6.45) is 7.54. The molecular weight excluding hydrogens is 262 g/mol. The lowest BCUT2D eigenvalue weighted by molar-refractivity contribution is 0.0963. The minimum Gasteiger partial charge on any atom is -0.382 e. The molecule has 0 atom stereocenters. The number of nitrogens with zero attached hydrogens (tertiary/aromatic N) is 1. The van der Waals surface area contributed by atoms with Crippen LogP contribution in [0.4, 0.5) is 5.69 Å². The number of terminal acetylenes is 1. The third-order valence-corrected chi connectivity index (χ3v) is 3.98. The lowest BCUT2D eigenvalue weighted by Crippen LogP contribution is -2.39. The quantitative estimate of drug-likeness (QED) is 0.830. The fourth-order valence-corrected chi connectivity index (χ4v) is 2.70. The van der Waals surface area contributed by atoms with E-state index in [0.717, 1.165) is 43.7 Å². The maximum atomic E-state index is 11.6. The van der Waals surface area contributed by atoms with E-state index in [1.165, 1.54) is 0 Å². The second-order valence-electron chi connectivity index (χ2n) is 5.51. The van der Waals surface area contributed by atoms with E-state index in [0.29, 0.717) is 11.6 Å². The third-order valence-electron chi connectivity index (χ3n) is 3.98. The number of rotatable bonds is 4. The van der Waals surface area contributed by atoms with Crippen LogP contribution in [-0.4, -0.2) is 43.5 Å². The molecular formula is C17H23N3O. The van der Waals surface area contributed by atoms with Crippen LogP contribution in [0.25, 0.3) is 0 Å². The van der Waals surface area contributed by atoms with E-state index in [9.17, 15) is 4.79 Å². The first-order valence-corrected chi connectivity index (χ1v) is 7.39. The SMILES string of the molecule is C#CCN1CCC(Nc2ccc(C(=O)NC)cc2C)CC1. The summed E-state index contributed by atoms with van der Waals surface area (Å²) in [7, 11) is 1.65. The number of benzene rings is 1. The maximum Gasteiger partial charge on any atom is 0.251 e. The first-order valence-electron chi connectivity index (χ1n) is 7.39. The Labute approximate surface area is 126 Å². The monoisotopic (exact) mass is 285 g/mol. The van der Waals surface area contributed by atoms with Crippen LogP contribution < -0.4 is 10.6 Å². The van der Waals surface area contributed by atoms with Crippen LogP contribution in [0.2, 0.25) is 0 Å². The van der Waals surface area contributed by atoms with Crippen molar-refractivity contribution in [3.63, 3.8) is 0 Å². The number of hydrogen-bond donors (Lipinski definition) is 2. The normalized spacial score (nSPS) is 16.2. The lowest BCUT2D eigenvalue weighted by Gasteiger charge is -2.32. The van der Waals surface area contributed by atoms with Crippen molar-refractivity contribution < 1.29 is 4.79 Å². The fourth-order valence-electron chi connectivity index (χ4n) is 2.70. The molecule has 1 amide bonds. The van der Waals surface area contributed by atoms with Gasteiger partial charge >= 0.3 is 0 Å². The van der Waals surface area contributed by atoms with E-state index in [1.54, 1.807) is 7.05 Å². The first-order chi connectivity index (χ1) is 10.1. The topological polar surface area (TPSA) is 44.4 Å². The van der Waals surface area contributed by atoms with Crippen molar-refractivity contribution >= 4 is 11.6 Å². The molecule has 21 heavy (non-hydrogen) atoms. The Balaban J connectivity index is 1.95. The Morgan fingerprint density at radius 3 is 2.71 bits per heavy atom. The number of aryl methyl sites for hydroxylation is 1. The molecule has 0 bridgehead atoms. The van der Waals surface area contributed by atoms with Crippen LogP contribution in [0.1, 0.15) is 28.8 Å². The van der Waals surface area contributed by atoms with Gasteiger partial charge in [0.25, 0.3) is 5.91 Å². The summed E-state index contributed by atoms with van der Waals surface area (Å²) in [4.78, 5) is 13.9. The molecule has 0 saturated carbocycles. The molecule has 1 saturated heterocycles. The van der Waals surface area contributed by atoms with Crippen molar-refractivity contribution in [2.24, 2.45) is 0 Å². The fraction of sp³-hybridized carbons (Fsp3) is 0.471. The summed E-state index contributed by atoms with van der Waals surface area (Å²) >= 11 is 0. The van der Waals surface area contributed by atoms with Gasteiger partial charge in [0.05, 0.1) is 6.54 Å². The Morgan fingerprint density at radius 2 is 2.14 bits per heavy atom. The van der Waals surface area contributed by atoms with E-state index in [-0.39, 0.29) is 5.91 Å². The summed E-state index contributed by atoms with van der Waals surface area (Å²) in [5.41, 5.74) is 2.91. The molecule has 1 aliphatic rings. The van der Waals surface area contributed by atoms with E-state index in [1.807, 2.05) is 25.1 Å². The Morgan fingerprint density at radius 1 is 1.43 bits per heavy atom. The van der Waals surface area contributed by atoms with Gasteiger partial charge in [-0.1, -0.05) is 5.92 Å². The number of anilines is 1. The molecule has 0 aliphatic carbocycles. The lowest BCUT2D eigenvalue weighted by atomic mass is 10.0. The second kappa shape index (κ2) is 7.14. The van der Waals surface area contributed by atoms with Crippen LogP contribution in [0.5, 0.6) is 0 Å². The second-order valence-corrected chi connectivity index (χ2v) is 5.51. The van der Waals surface area contributed by atoms with Crippen molar-refractivity contribution in [2.45, 2.75) is 25.8 Å². The predicted octanol–water partition coefficient (Wildman–Crippen LogP) is 1.86. The first kappa shape index (κ1) is 15.4. The molecule has 1 heterocycles. The number of piperidine rings is 1. The highest BCUT2D eigenvalue weighted by Gasteiger charge is 2.18. The van der Waals surface area contributed by atoms with Crippen molar-refractivity contribution in [3.05, 3.63) is 29.3 Å². The van der Waals surface area contributed by atoms with Crippen molar-refractivity contribution in [1.82, 2.24) is 10.2 Å². The minimum atomic E-state index is -0.0488. The number of carbonyl (C=O) groups excluding carboxylic acids is 1. The van der Waals surface area contributed by atoms with Gasteiger partial charge in [0, 0.05) is 37.4 Å². The van der Waals surface area contributed by atoms with Gasteiger partial charge in [-0.05, 0) is 43.5 Å². The summed E-state index contributed by atoms with van der Waals surface area (Å²) in [6, 6.07) is 6.26. The molecule has 2 N–H and O–H groups in total. The standard InChI is InChI=1S/C17H23N3O/c1-4-9-20-10-7-15(8-11-20)19-16-6-5-14(12-13(16)2)17(21)18-3/h1,5-6,12,15,19H,7-11H2,2-3H3,(H,18,21). The average molecular weight is 285 g/mol. The summed E-state index contributed by atoms with van der Waals surface area (Å²) in [5.74, 6) is 2.65. The number of nitrogens with one attached hydrogen (secondary N) is 2. The molecule has 1 aromatic rings. The largest absolute Gasteiger partial charge is 0.382 e. The molecule has 0 aromatic heterocycles. The average Bonchev–Trinajstić information content (AvgIpc) is 2.50. The Kier molecular flexibility index (Phi) is 5.24. The Bertz CT molecular complexity index is 539. The van der Waals surface area contributed by atoms with Crippen molar-refractivity contribution in [3.8, 4) is 12.3 Å². The van der Waals surface area contributed by atoms with Gasteiger partial charge in [0.1, 0.15) is 0 Å². The highest BCUT2D eigenvalue weighted by atomic mass is 16.1. The van der Waals surface area contributed by atoms with Crippen LogP contribution in [0.3, 0.4) is 0 Å². The van der Waals surface area contributed by atoms with Crippen LogP contribution in [-0.2, 0) is 0 Å². The summed E-state index contributed by atoms with van der Waals surface area (Å²) < 4.78 is 0. The molecule has 1 fully saturated rings. The molecule has 1 aliphatic heterocycles. The molecule has 4 nitrogen and oxygen atoms in total. The van der Waals surface area contributed by atoms with E-state index >= 15 is 0 Å². The van der Waals surface area contributed by atoms with E-state index < -0.39 is 0 Å². The molecule has 1 aromatic carbocycles. The van der Waals surface area contributed by atoms with E-state index in [2.05, 4.69) is 21.5 Å².